The van der Waals surface area contributed by atoms with Crippen molar-refractivity contribution in [3.63, 3.8) is 0 Å². The number of hydrogen-bond acceptors (Lipinski definition) is 2. The van der Waals surface area contributed by atoms with Crippen LogP contribution in [-0.2, 0) is 0 Å². The van der Waals surface area contributed by atoms with Crippen molar-refractivity contribution < 1.29 is 0 Å². The third-order valence-electron chi connectivity index (χ3n) is 5.82. The van der Waals surface area contributed by atoms with Gasteiger partial charge in [-0.3, -0.25) is 10.8 Å². The number of benzene rings is 4. The van der Waals surface area contributed by atoms with E-state index >= 15 is 0 Å². The fraction of sp³-hybridized carbons (Fsp3) is 0. The number of para-hydroxylation sites is 2. The zero-order chi connectivity index (χ0) is 19.5. The van der Waals surface area contributed by atoms with Gasteiger partial charge in [0.2, 0.25) is 0 Å². The molecular formula is C26H17N3. The van der Waals surface area contributed by atoms with E-state index in [1.165, 1.54) is 21.8 Å². The third-order valence-corrected chi connectivity index (χ3v) is 5.82. The summed E-state index contributed by atoms with van der Waals surface area (Å²) < 4.78 is 2.30. The molecule has 0 spiro atoms. The zero-order valence-corrected chi connectivity index (χ0v) is 15.6. The predicted octanol–water partition coefficient (Wildman–Crippen LogP) is 6.35. The Bertz CT molecular complexity index is 1480. The molecular weight excluding hydrogens is 354 g/mol. The van der Waals surface area contributed by atoms with Crippen LogP contribution in [0, 0.1) is 10.8 Å². The number of aromatic nitrogens is 1. The summed E-state index contributed by atoms with van der Waals surface area (Å²) in [6.07, 6.45) is 3.62. The molecule has 3 heteroatoms. The van der Waals surface area contributed by atoms with Gasteiger partial charge in [0.1, 0.15) is 0 Å². The van der Waals surface area contributed by atoms with Gasteiger partial charge in [-0.2, -0.15) is 0 Å². The summed E-state index contributed by atoms with van der Waals surface area (Å²) in [6.45, 7) is 0. The standard InChI is InChI=1S/C26H17N3/c27-22-14-11-16-9-10-17-15-18(12-13-19(17)25(16)26(22)28)29-23-7-3-1-5-20(23)21-6-2-4-8-24(21)29/h1-15,27-28H. The van der Waals surface area contributed by atoms with Gasteiger partial charge in [-0.05, 0) is 46.7 Å². The Hall–Kier alpha value is -3.98. The van der Waals surface area contributed by atoms with Gasteiger partial charge in [0, 0.05) is 22.0 Å². The zero-order valence-electron chi connectivity index (χ0n) is 15.6. The van der Waals surface area contributed by atoms with Crippen LogP contribution in [0.3, 0.4) is 0 Å². The largest absolute Gasteiger partial charge is 0.309 e. The van der Waals surface area contributed by atoms with Crippen molar-refractivity contribution in [3.8, 4) is 5.69 Å². The highest BCUT2D eigenvalue weighted by Gasteiger charge is 2.18. The molecule has 0 saturated heterocycles. The van der Waals surface area contributed by atoms with E-state index in [2.05, 4.69) is 77.4 Å². The molecule has 3 nitrogen and oxygen atoms in total. The number of nitrogens with one attached hydrogen (secondary N) is 2. The van der Waals surface area contributed by atoms with Gasteiger partial charge in [-0.15, -0.1) is 0 Å². The van der Waals surface area contributed by atoms with E-state index in [9.17, 15) is 0 Å². The smallest absolute Gasteiger partial charge is 0.0873 e. The molecule has 4 aromatic carbocycles. The molecule has 0 atom stereocenters. The Labute approximate surface area is 167 Å². The molecule has 5 aromatic rings. The summed E-state index contributed by atoms with van der Waals surface area (Å²) in [6, 6.07) is 27.5. The lowest BCUT2D eigenvalue weighted by molar-refractivity contribution is 1.19. The predicted molar refractivity (Wildman–Crippen MR) is 122 cm³/mol. The highest BCUT2D eigenvalue weighted by molar-refractivity contribution is 6.53. The van der Waals surface area contributed by atoms with E-state index in [0.29, 0.717) is 0 Å². The van der Waals surface area contributed by atoms with Crippen LogP contribution < -0.4 is 0 Å². The molecule has 1 aliphatic rings. The van der Waals surface area contributed by atoms with Crippen molar-refractivity contribution in [2.24, 2.45) is 0 Å². The first-order valence-electron chi connectivity index (χ1n) is 9.63. The summed E-state index contributed by atoms with van der Waals surface area (Å²) >= 11 is 0. The summed E-state index contributed by atoms with van der Waals surface area (Å²) in [5, 5.41) is 21.0. The third kappa shape index (κ3) is 2.18. The fourth-order valence-corrected chi connectivity index (χ4v) is 4.48. The van der Waals surface area contributed by atoms with E-state index in [-0.39, 0.29) is 11.4 Å². The van der Waals surface area contributed by atoms with Crippen LogP contribution in [0.5, 0.6) is 0 Å². The van der Waals surface area contributed by atoms with Crippen LogP contribution in [0.25, 0.3) is 44.3 Å². The maximum atomic E-state index is 8.39. The number of allylic oxidation sites excluding steroid dienone is 1. The Balaban J connectivity index is 1.67. The molecule has 0 fully saturated rings. The van der Waals surface area contributed by atoms with Crippen LogP contribution in [0.4, 0.5) is 0 Å². The molecule has 0 radical (unpaired) electrons. The van der Waals surface area contributed by atoms with Crippen LogP contribution in [0.2, 0.25) is 0 Å². The maximum absolute atomic E-state index is 8.39. The average Bonchev–Trinajstić information content (AvgIpc) is 3.10. The lowest BCUT2D eigenvalue weighted by Crippen LogP contribution is -2.16. The van der Waals surface area contributed by atoms with E-state index in [1.54, 1.807) is 6.08 Å². The van der Waals surface area contributed by atoms with Gasteiger partial charge in [0.25, 0.3) is 0 Å². The normalized spacial score (nSPS) is 13.5. The molecule has 6 rings (SSSR count). The Morgan fingerprint density at radius 1 is 0.621 bits per heavy atom. The number of rotatable bonds is 1. The summed E-state index contributed by atoms with van der Waals surface area (Å²) in [7, 11) is 0. The van der Waals surface area contributed by atoms with Crippen molar-refractivity contribution in [1.29, 1.82) is 10.8 Å². The van der Waals surface area contributed by atoms with Crippen molar-refractivity contribution in [3.05, 3.63) is 96.1 Å². The Morgan fingerprint density at radius 3 is 2.03 bits per heavy atom. The molecule has 2 N–H and O–H groups in total. The van der Waals surface area contributed by atoms with Crippen molar-refractivity contribution in [2.45, 2.75) is 0 Å². The molecule has 1 heterocycles. The number of hydrogen-bond donors (Lipinski definition) is 2. The van der Waals surface area contributed by atoms with Gasteiger partial charge in [0.05, 0.1) is 22.5 Å². The first-order valence-corrected chi connectivity index (χ1v) is 9.63. The van der Waals surface area contributed by atoms with E-state index in [0.717, 1.165) is 27.6 Å². The highest BCUT2D eigenvalue weighted by atomic mass is 15.0. The SMILES string of the molecule is N=C1C=Cc2ccc3cc(-n4c5ccccc5c5ccccc54)ccc3c2C1=N. The molecule has 1 aliphatic carbocycles. The molecule has 0 unspecified atom stereocenters. The molecule has 0 amide bonds. The van der Waals surface area contributed by atoms with Crippen LogP contribution in [0.15, 0.2) is 84.9 Å². The topological polar surface area (TPSA) is 52.6 Å². The summed E-state index contributed by atoms with van der Waals surface area (Å²) in [4.78, 5) is 0. The molecule has 0 bridgehead atoms. The summed E-state index contributed by atoms with van der Waals surface area (Å²) in [5.41, 5.74) is 5.87. The summed E-state index contributed by atoms with van der Waals surface area (Å²) in [5.74, 6) is 0. The lowest BCUT2D eigenvalue weighted by atomic mass is 9.89. The Kier molecular flexibility index (Phi) is 3.18. The molecule has 0 saturated carbocycles. The van der Waals surface area contributed by atoms with Crippen molar-refractivity contribution >= 4 is 50.1 Å². The van der Waals surface area contributed by atoms with E-state index in [1.807, 2.05) is 12.1 Å². The van der Waals surface area contributed by atoms with Gasteiger partial charge in [-0.25, -0.2) is 0 Å². The van der Waals surface area contributed by atoms with E-state index in [4.69, 9.17) is 10.8 Å². The second-order valence-corrected chi connectivity index (χ2v) is 7.43. The monoisotopic (exact) mass is 371 g/mol. The minimum atomic E-state index is 0.261. The molecule has 0 aliphatic heterocycles. The maximum Gasteiger partial charge on any atom is 0.0873 e. The molecule has 136 valence electrons. The molecule has 29 heavy (non-hydrogen) atoms. The van der Waals surface area contributed by atoms with Crippen LogP contribution in [-0.4, -0.2) is 16.0 Å². The second-order valence-electron chi connectivity index (χ2n) is 7.43. The lowest BCUT2D eigenvalue weighted by Gasteiger charge is -2.16. The van der Waals surface area contributed by atoms with Gasteiger partial charge < -0.3 is 4.57 Å². The number of fused-ring (bicyclic) bond motifs is 6. The van der Waals surface area contributed by atoms with Gasteiger partial charge in [0.15, 0.2) is 0 Å². The highest BCUT2D eigenvalue weighted by Crippen LogP contribution is 2.34. The second kappa shape index (κ2) is 5.76. The van der Waals surface area contributed by atoms with Gasteiger partial charge in [-0.1, -0.05) is 60.7 Å². The van der Waals surface area contributed by atoms with Gasteiger partial charge >= 0.3 is 0 Å². The minimum absolute atomic E-state index is 0.261. The first kappa shape index (κ1) is 16.0. The van der Waals surface area contributed by atoms with Crippen molar-refractivity contribution in [2.75, 3.05) is 0 Å². The first-order chi connectivity index (χ1) is 14.2. The van der Waals surface area contributed by atoms with Crippen molar-refractivity contribution in [1.82, 2.24) is 4.57 Å². The van der Waals surface area contributed by atoms with Crippen LogP contribution in [0.1, 0.15) is 11.1 Å². The average molecular weight is 371 g/mol. The van der Waals surface area contributed by atoms with Crippen LogP contribution >= 0.6 is 0 Å². The quantitative estimate of drug-likeness (QED) is 0.345. The molecule has 1 aromatic heterocycles. The minimum Gasteiger partial charge on any atom is -0.309 e. The Morgan fingerprint density at radius 2 is 1.31 bits per heavy atom. The fourth-order valence-electron chi connectivity index (χ4n) is 4.48. The van der Waals surface area contributed by atoms with E-state index < -0.39 is 0 Å². The number of nitrogens with zero attached hydrogens (tertiary/aromatic N) is 1.